The number of allylic oxidation sites excluding steroid dienone is 3. The van der Waals surface area contributed by atoms with Crippen molar-refractivity contribution in [1.29, 1.82) is 0 Å². The lowest BCUT2D eigenvalue weighted by molar-refractivity contribution is 0.672. The summed E-state index contributed by atoms with van der Waals surface area (Å²) in [6, 6.07) is 57.7. The minimum atomic E-state index is 0.880. The van der Waals surface area contributed by atoms with E-state index in [9.17, 15) is 0 Å². The zero-order valence-electron chi connectivity index (χ0n) is 26.5. The number of rotatable bonds is 8. The second-order valence-electron chi connectivity index (χ2n) is 11.8. The average molecular weight is 616 g/mol. The molecule has 0 saturated carbocycles. The number of anilines is 2. The predicted molar refractivity (Wildman–Crippen MR) is 204 cm³/mol. The Bertz CT molecular complexity index is 2450. The van der Waals surface area contributed by atoms with Gasteiger partial charge >= 0.3 is 0 Å². The van der Waals surface area contributed by atoms with Gasteiger partial charge in [-0.25, -0.2) is 0 Å². The van der Waals surface area contributed by atoms with Crippen molar-refractivity contribution in [2.24, 2.45) is 0 Å². The Morgan fingerprint density at radius 1 is 0.521 bits per heavy atom. The molecule has 228 valence electrons. The summed E-state index contributed by atoms with van der Waals surface area (Å²) in [4.78, 5) is 2.31. The molecule has 0 bridgehead atoms. The van der Waals surface area contributed by atoms with Gasteiger partial charge in [0.2, 0.25) is 0 Å². The molecule has 2 heteroatoms. The van der Waals surface area contributed by atoms with Crippen LogP contribution in [0.5, 0.6) is 0 Å². The fourth-order valence-electron chi connectivity index (χ4n) is 6.47. The second-order valence-corrected chi connectivity index (χ2v) is 11.8. The van der Waals surface area contributed by atoms with Gasteiger partial charge in [-0.15, -0.1) is 0 Å². The smallest absolute Gasteiger partial charge is 0.143 e. The van der Waals surface area contributed by atoms with Gasteiger partial charge in [0.1, 0.15) is 11.2 Å². The Morgan fingerprint density at radius 2 is 1.21 bits per heavy atom. The van der Waals surface area contributed by atoms with E-state index < -0.39 is 0 Å². The van der Waals surface area contributed by atoms with Crippen LogP contribution in [0, 0.1) is 0 Å². The van der Waals surface area contributed by atoms with Gasteiger partial charge in [0.25, 0.3) is 0 Å². The molecule has 0 aliphatic heterocycles. The van der Waals surface area contributed by atoms with Gasteiger partial charge in [-0.1, -0.05) is 140 Å². The molecule has 0 unspecified atom stereocenters. The van der Waals surface area contributed by atoms with Crippen LogP contribution in [-0.4, -0.2) is 0 Å². The number of nitrogens with zero attached hydrogens (tertiary/aromatic N) is 1. The third-order valence-corrected chi connectivity index (χ3v) is 8.81. The summed E-state index contributed by atoms with van der Waals surface area (Å²) in [5.41, 5.74) is 10.7. The fourth-order valence-corrected chi connectivity index (χ4v) is 6.47. The first-order chi connectivity index (χ1) is 23.7. The number of hydrogen-bond acceptors (Lipinski definition) is 2. The summed E-state index contributed by atoms with van der Waals surface area (Å²) >= 11 is 0. The Hall–Kier alpha value is -6.38. The van der Waals surface area contributed by atoms with Crippen LogP contribution in [0.25, 0.3) is 61.0 Å². The highest BCUT2D eigenvalue weighted by Gasteiger charge is 2.16. The van der Waals surface area contributed by atoms with E-state index in [1.165, 1.54) is 22.1 Å². The highest BCUT2D eigenvalue weighted by molar-refractivity contribution is 6.15. The highest BCUT2D eigenvalue weighted by Crippen LogP contribution is 2.38. The van der Waals surface area contributed by atoms with Crippen molar-refractivity contribution in [2.45, 2.75) is 0 Å². The van der Waals surface area contributed by atoms with Crippen LogP contribution in [0.2, 0.25) is 0 Å². The molecule has 0 fully saturated rings. The van der Waals surface area contributed by atoms with Gasteiger partial charge in [0.05, 0.1) is 0 Å². The molecule has 1 aromatic heterocycles. The molecule has 0 saturated heterocycles. The Balaban J connectivity index is 1.29. The summed E-state index contributed by atoms with van der Waals surface area (Å²) < 4.78 is 6.42. The molecule has 8 rings (SSSR count). The molecular weight excluding hydrogens is 583 g/mol. The first-order valence-electron chi connectivity index (χ1n) is 16.2. The van der Waals surface area contributed by atoms with E-state index in [1.54, 1.807) is 0 Å². The van der Waals surface area contributed by atoms with Gasteiger partial charge < -0.3 is 9.32 Å². The van der Waals surface area contributed by atoms with Crippen molar-refractivity contribution >= 4 is 50.2 Å². The Kier molecular flexibility index (Phi) is 7.74. The van der Waals surface area contributed by atoms with Crippen molar-refractivity contribution in [1.82, 2.24) is 0 Å². The SMILES string of the molecule is C=C/C=C\C(=C\c1ccc2oc3c4ccccc4ccc3c2c1)N(c1ccc(-c2ccccc2)cc1)c1cccc(-c2ccccc2)c1. The molecule has 7 aromatic carbocycles. The molecule has 0 N–H and O–H groups in total. The predicted octanol–water partition coefficient (Wildman–Crippen LogP) is 13.0. The van der Waals surface area contributed by atoms with E-state index in [0.717, 1.165) is 55.5 Å². The maximum atomic E-state index is 6.42. The molecule has 8 aromatic rings. The van der Waals surface area contributed by atoms with Crippen molar-refractivity contribution in [3.8, 4) is 22.3 Å². The normalized spacial score (nSPS) is 11.9. The van der Waals surface area contributed by atoms with Crippen LogP contribution >= 0.6 is 0 Å². The van der Waals surface area contributed by atoms with Gasteiger partial charge in [0, 0.05) is 33.2 Å². The molecule has 2 nitrogen and oxygen atoms in total. The maximum Gasteiger partial charge on any atom is 0.143 e. The molecule has 0 radical (unpaired) electrons. The molecule has 0 amide bonds. The summed E-state index contributed by atoms with van der Waals surface area (Å²) in [6.45, 7) is 3.99. The van der Waals surface area contributed by atoms with Gasteiger partial charge in [-0.05, 0) is 87.8 Å². The van der Waals surface area contributed by atoms with E-state index in [0.29, 0.717) is 0 Å². The van der Waals surface area contributed by atoms with E-state index in [2.05, 4.69) is 181 Å². The van der Waals surface area contributed by atoms with Crippen LogP contribution in [0.3, 0.4) is 0 Å². The van der Waals surface area contributed by atoms with E-state index >= 15 is 0 Å². The molecule has 1 heterocycles. The lowest BCUT2D eigenvalue weighted by Crippen LogP contribution is -2.15. The minimum absolute atomic E-state index is 0.880. The number of benzene rings is 7. The third-order valence-electron chi connectivity index (χ3n) is 8.81. The average Bonchev–Trinajstić information content (AvgIpc) is 3.53. The van der Waals surface area contributed by atoms with Crippen LogP contribution in [-0.2, 0) is 0 Å². The van der Waals surface area contributed by atoms with E-state index in [-0.39, 0.29) is 0 Å². The zero-order chi connectivity index (χ0) is 32.3. The summed E-state index contributed by atoms with van der Waals surface area (Å²) in [6.07, 6.45) is 8.18. The van der Waals surface area contributed by atoms with Gasteiger partial charge in [0.15, 0.2) is 0 Å². The third kappa shape index (κ3) is 5.61. The zero-order valence-corrected chi connectivity index (χ0v) is 26.5. The van der Waals surface area contributed by atoms with E-state index in [1.807, 2.05) is 18.2 Å². The molecule has 0 aliphatic carbocycles. The number of furan rings is 1. The van der Waals surface area contributed by atoms with Crippen molar-refractivity contribution < 1.29 is 4.42 Å². The minimum Gasteiger partial charge on any atom is -0.455 e. The number of fused-ring (bicyclic) bond motifs is 5. The van der Waals surface area contributed by atoms with E-state index in [4.69, 9.17) is 4.42 Å². The standard InChI is InChI=1S/C46H33NO/c1-2-3-19-40(30-33-22-29-45-44(31-33)43-28-25-37-17-10-11-21-42(37)46(43)48-45)47(39-26-23-36(24-27-39)34-13-6-4-7-14-34)41-20-12-18-38(32-41)35-15-8-5-9-16-35/h2-32H,1H2/b19-3-,40-30-. The first-order valence-corrected chi connectivity index (χ1v) is 16.2. The molecule has 0 atom stereocenters. The quantitative estimate of drug-likeness (QED) is 0.158. The van der Waals surface area contributed by atoms with Crippen molar-refractivity contribution in [2.75, 3.05) is 4.90 Å². The largest absolute Gasteiger partial charge is 0.455 e. The van der Waals surface area contributed by atoms with Crippen LogP contribution < -0.4 is 4.90 Å². The summed E-state index contributed by atoms with van der Waals surface area (Å²) in [5, 5.41) is 4.52. The molecular formula is C46H33NO. The number of hydrogen-bond donors (Lipinski definition) is 0. The van der Waals surface area contributed by atoms with Crippen LogP contribution in [0.1, 0.15) is 5.56 Å². The van der Waals surface area contributed by atoms with Crippen molar-refractivity contribution in [3.63, 3.8) is 0 Å². The fraction of sp³-hybridized carbons (Fsp3) is 0. The van der Waals surface area contributed by atoms with Crippen LogP contribution in [0.15, 0.2) is 199 Å². The van der Waals surface area contributed by atoms with Crippen LogP contribution in [0.4, 0.5) is 11.4 Å². The highest BCUT2D eigenvalue weighted by atomic mass is 16.3. The first kappa shape index (κ1) is 29.1. The van der Waals surface area contributed by atoms with Gasteiger partial charge in [-0.3, -0.25) is 0 Å². The van der Waals surface area contributed by atoms with Gasteiger partial charge in [-0.2, -0.15) is 0 Å². The molecule has 0 spiro atoms. The summed E-state index contributed by atoms with van der Waals surface area (Å²) in [5.74, 6) is 0. The molecule has 0 aliphatic rings. The second kappa shape index (κ2) is 12.8. The topological polar surface area (TPSA) is 16.4 Å². The monoisotopic (exact) mass is 615 g/mol. The lowest BCUT2D eigenvalue weighted by atomic mass is 10.0. The maximum absolute atomic E-state index is 6.42. The van der Waals surface area contributed by atoms with Crippen molar-refractivity contribution in [3.05, 3.63) is 200 Å². The summed E-state index contributed by atoms with van der Waals surface area (Å²) in [7, 11) is 0. The lowest BCUT2D eigenvalue weighted by Gasteiger charge is -2.27. The molecule has 48 heavy (non-hydrogen) atoms. The Labute approximate surface area is 280 Å². The Morgan fingerprint density at radius 3 is 1.98 bits per heavy atom.